The van der Waals surface area contributed by atoms with E-state index in [-0.39, 0.29) is 5.91 Å². The van der Waals surface area contributed by atoms with Crippen molar-refractivity contribution < 1.29 is 4.79 Å². The Morgan fingerprint density at radius 2 is 1.90 bits per heavy atom. The summed E-state index contributed by atoms with van der Waals surface area (Å²) in [6.45, 7) is 8.46. The molecule has 152 valence electrons. The van der Waals surface area contributed by atoms with Gasteiger partial charge in [-0.2, -0.15) is 0 Å². The molecule has 0 bridgehead atoms. The summed E-state index contributed by atoms with van der Waals surface area (Å²) in [5.41, 5.74) is 1.33. The first kappa shape index (κ1) is 20.3. The van der Waals surface area contributed by atoms with Crippen molar-refractivity contribution in [3.63, 3.8) is 0 Å². The van der Waals surface area contributed by atoms with Gasteiger partial charge in [0, 0.05) is 43.0 Å². The van der Waals surface area contributed by atoms with E-state index in [4.69, 9.17) is 0 Å². The number of thiophene rings is 1. The summed E-state index contributed by atoms with van der Waals surface area (Å²) in [6, 6.07) is 12.7. The molecule has 0 saturated carbocycles. The highest BCUT2D eigenvalue weighted by molar-refractivity contribution is 8.00. The number of thioether (sulfide) groups is 1. The van der Waals surface area contributed by atoms with E-state index in [0.29, 0.717) is 5.75 Å². The van der Waals surface area contributed by atoms with E-state index < -0.39 is 0 Å². The molecule has 1 saturated heterocycles. The van der Waals surface area contributed by atoms with Gasteiger partial charge in [0.1, 0.15) is 15.7 Å². The second-order valence-electron chi connectivity index (χ2n) is 7.29. The minimum atomic E-state index is 0.199. The van der Waals surface area contributed by atoms with Crippen molar-refractivity contribution in [1.29, 1.82) is 0 Å². The van der Waals surface area contributed by atoms with Gasteiger partial charge in [-0.05, 0) is 25.0 Å². The van der Waals surface area contributed by atoms with Gasteiger partial charge in [0.15, 0.2) is 0 Å². The minimum absolute atomic E-state index is 0.199. The second kappa shape index (κ2) is 9.24. The van der Waals surface area contributed by atoms with Crippen LogP contribution in [0.15, 0.2) is 41.4 Å². The van der Waals surface area contributed by atoms with Crippen molar-refractivity contribution in [2.75, 3.05) is 31.9 Å². The Labute approximate surface area is 180 Å². The van der Waals surface area contributed by atoms with Crippen LogP contribution >= 0.6 is 23.1 Å². The standard InChI is InChI=1S/C22H26N4OS2/c1-3-18-13-19-21(23-16(2)24-22(19)29-18)28-15-20(27)26-11-9-25(10-12-26)14-17-7-5-4-6-8-17/h4-8,13H,3,9-12,14-15H2,1-2H3. The number of rotatable bonds is 6. The predicted molar refractivity (Wildman–Crippen MR) is 121 cm³/mol. The van der Waals surface area contributed by atoms with Crippen LogP contribution in [0.4, 0.5) is 0 Å². The van der Waals surface area contributed by atoms with E-state index >= 15 is 0 Å². The van der Waals surface area contributed by atoms with Crippen LogP contribution in [0.5, 0.6) is 0 Å². The molecule has 1 aromatic carbocycles. The zero-order valence-electron chi connectivity index (χ0n) is 16.9. The Hall–Kier alpha value is -1.96. The predicted octanol–water partition coefficient (Wildman–Crippen LogP) is 4.00. The number of hydrogen-bond acceptors (Lipinski definition) is 6. The summed E-state index contributed by atoms with van der Waals surface area (Å²) in [6.07, 6.45) is 0.996. The molecule has 1 aliphatic rings. The summed E-state index contributed by atoms with van der Waals surface area (Å²) < 4.78 is 0. The van der Waals surface area contributed by atoms with Crippen LogP contribution in [0.1, 0.15) is 23.2 Å². The molecule has 3 aromatic rings. The van der Waals surface area contributed by atoms with Crippen molar-refractivity contribution in [3.05, 3.63) is 52.7 Å². The third kappa shape index (κ3) is 4.97. The van der Waals surface area contributed by atoms with E-state index in [2.05, 4.69) is 52.1 Å². The maximum atomic E-state index is 12.8. The highest BCUT2D eigenvalue weighted by Gasteiger charge is 2.22. The molecular formula is C22H26N4OS2. The van der Waals surface area contributed by atoms with E-state index in [9.17, 15) is 4.79 Å². The summed E-state index contributed by atoms with van der Waals surface area (Å²) in [5, 5.41) is 2.02. The van der Waals surface area contributed by atoms with Crippen LogP contribution in [-0.2, 0) is 17.8 Å². The van der Waals surface area contributed by atoms with Crippen LogP contribution in [0.3, 0.4) is 0 Å². The SMILES string of the molecule is CCc1cc2c(SCC(=O)N3CCN(Cc4ccccc4)CC3)nc(C)nc2s1. The van der Waals surface area contributed by atoms with Crippen molar-refractivity contribution in [3.8, 4) is 0 Å². The molecule has 1 amide bonds. The number of benzene rings is 1. The quantitative estimate of drug-likeness (QED) is 0.440. The van der Waals surface area contributed by atoms with Crippen molar-refractivity contribution >= 4 is 39.2 Å². The molecular weight excluding hydrogens is 400 g/mol. The van der Waals surface area contributed by atoms with E-state index in [1.165, 1.54) is 10.4 Å². The molecule has 1 fully saturated rings. The zero-order chi connectivity index (χ0) is 20.2. The first-order valence-corrected chi connectivity index (χ1v) is 11.9. The number of hydrogen-bond donors (Lipinski definition) is 0. The van der Waals surface area contributed by atoms with Gasteiger partial charge >= 0.3 is 0 Å². The first-order valence-electron chi connectivity index (χ1n) is 10.1. The van der Waals surface area contributed by atoms with Gasteiger partial charge < -0.3 is 4.90 Å². The average Bonchev–Trinajstić information content (AvgIpc) is 3.16. The summed E-state index contributed by atoms with van der Waals surface area (Å²) in [5.74, 6) is 1.40. The molecule has 4 rings (SSSR count). The fraction of sp³-hybridized carbons (Fsp3) is 0.409. The molecule has 5 nitrogen and oxygen atoms in total. The Kier molecular flexibility index (Phi) is 6.47. The lowest BCUT2D eigenvalue weighted by atomic mass is 10.2. The molecule has 1 aliphatic heterocycles. The maximum Gasteiger partial charge on any atom is 0.233 e. The van der Waals surface area contributed by atoms with Gasteiger partial charge in [-0.25, -0.2) is 9.97 Å². The molecule has 0 aliphatic carbocycles. The topological polar surface area (TPSA) is 49.3 Å². The highest BCUT2D eigenvalue weighted by atomic mass is 32.2. The first-order chi connectivity index (χ1) is 14.1. The molecule has 0 spiro atoms. The van der Waals surface area contributed by atoms with Crippen LogP contribution in [-0.4, -0.2) is 57.6 Å². The van der Waals surface area contributed by atoms with Gasteiger partial charge in [-0.3, -0.25) is 9.69 Å². The average molecular weight is 427 g/mol. The Balaban J connectivity index is 1.33. The fourth-order valence-corrected chi connectivity index (χ4v) is 5.58. The van der Waals surface area contributed by atoms with E-state index in [1.54, 1.807) is 23.1 Å². The van der Waals surface area contributed by atoms with Crippen molar-refractivity contribution in [2.24, 2.45) is 0 Å². The van der Waals surface area contributed by atoms with Crippen LogP contribution in [0.2, 0.25) is 0 Å². The molecule has 0 unspecified atom stereocenters. The van der Waals surface area contributed by atoms with Crippen LogP contribution in [0, 0.1) is 6.92 Å². The van der Waals surface area contributed by atoms with E-state index in [0.717, 1.165) is 60.2 Å². The number of aromatic nitrogens is 2. The Bertz CT molecular complexity index is 981. The molecule has 2 aromatic heterocycles. The number of aryl methyl sites for hydroxylation is 2. The number of nitrogens with zero attached hydrogens (tertiary/aromatic N) is 4. The number of fused-ring (bicyclic) bond motifs is 1. The number of carbonyl (C=O) groups is 1. The normalized spacial score (nSPS) is 15.2. The number of piperazine rings is 1. The molecule has 0 radical (unpaired) electrons. The lowest BCUT2D eigenvalue weighted by Crippen LogP contribution is -2.48. The highest BCUT2D eigenvalue weighted by Crippen LogP contribution is 2.31. The van der Waals surface area contributed by atoms with Gasteiger partial charge in [-0.15, -0.1) is 11.3 Å². The summed E-state index contributed by atoms with van der Waals surface area (Å²) in [4.78, 5) is 28.7. The lowest BCUT2D eigenvalue weighted by molar-refractivity contribution is -0.130. The largest absolute Gasteiger partial charge is 0.339 e. The molecule has 7 heteroatoms. The van der Waals surface area contributed by atoms with Crippen molar-refractivity contribution in [2.45, 2.75) is 31.8 Å². The Morgan fingerprint density at radius 3 is 2.62 bits per heavy atom. The smallest absolute Gasteiger partial charge is 0.233 e. The lowest BCUT2D eigenvalue weighted by Gasteiger charge is -2.34. The third-order valence-corrected chi connectivity index (χ3v) is 7.32. The van der Waals surface area contributed by atoms with Gasteiger partial charge in [0.05, 0.1) is 5.75 Å². The summed E-state index contributed by atoms with van der Waals surface area (Å²) >= 11 is 3.27. The van der Waals surface area contributed by atoms with Gasteiger partial charge in [-0.1, -0.05) is 49.0 Å². The second-order valence-corrected chi connectivity index (χ2v) is 9.37. The molecule has 29 heavy (non-hydrogen) atoms. The minimum Gasteiger partial charge on any atom is -0.339 e. The third-order valence-electron chi connectivity index (χ3n) is 5.18. The summed E-state index contributed by atoms with van der Waals surface area (Å²) in [7, 11) is 0. The monoisotopic (exact) mass is 426 g/mol. The van der Waals surface area contributed by atoms with Crippen molar-refractivity contribution in [1.82, 2.24) is 19.8 Å². The number of amides is 1. The molecule has 3 heterocycles. The Morgan fingerprint density at radius 1 is 1.14 bits per heavy atom. The van der Waals surface area contributed by atoms with E-state index in [1.807, 2.05) is 17.9 Å². The maximum absolute atomic E-state index is 12.8. The molecule has 0 N–H and O–H groups in total. The zero-order valence-corrected chi connectivity index (χ0v) is 18.6. The fourth-order valence-electron chi connectivity index (χ4n) is 3.55. The van der Waals surface area contributed by atoms with Gasteiger partial charge in [0.25, 0.3) is 0 Å². The van der Waals surface area contributed by atoms with Crippen LogP contribution < -0.4 is 0 Å². The number of carbonyl (C=O) groups excluding carboxylic acids is 1. The van der Waals surface area contributed by atoms with Crippen LogP contribution in [0.25, 0.3) is 10.2 Å². The van der Waals surface area contributed by atoms with Gasteiger partial charge in [0.2, 0.25) is 5.91 Å². The molecule has 0 atom stereocenters.